The zero-order chi connectivity index (χ0) is 14.7. The summed E-state index contributed by atoms with van der Waals surface area (Å²) in [5.74, 6) is 4.42. The molecular weight excluding hydrogens is 305 g/mol. The molecule has 20 heavy (non-hydrogen) atoms. The second-order valence-corrected chi connectivity index (χ2v) is 5.15. The fourth-order valence-corrected chi connectivity index (χ4v) is 2.30. The van der Waals surface area contributed by atoms with Crippen LogP contribution in [0.5, 0.6) is 0 Å². The van der Waals surface area contributed by atoms with Gasteiger partial charge in [-0.1, -0.05) is 41.4 Å². The fraction of sp³-hybridized carbons (Fsp3) is 0.143. The Kier molecular flexibility index (Phi) is 4.94. The van der Waals surface area contributed by atoms with Crippen molar-refractivity contribution >= 4 is 23.2 Å². The minimum atomic E-state index is -0.593. The van der Waals surface area contributed by atoms with Crippen LogP contribution in [0.1, 0.15) is 17.2 Å². The topological polar surface area (TPSA) is 38.0 Å². The molecule has 0 heterocycles. The molecule has 0 aliphatic heterocycles. The zero-order valence-corrected chi connectivity index (χ0v) is 11.8. The second-order valence-electron chi connectivity index (χ2n) is 4.30. The Labute approximate surface area is 125 Å². The third-order valence-electron chi connectivity index (χ3n) is 3.00. The average Bonchev–Trinajstić information content (AvgIpc) is 2.42. The van der Waals surface area contributed by atoms with Crippen molar-refractivity contribution in [3.8, 4) is 0 Å². The summed E-state index contributed by atoms with van der Waals surface area (Å²) in [4.78, 5) is 0. The molecule has 0 radical (unpaired) electrons. The lowest BCUT2D eigenvalue weighted by Gasteiger charge is -2.18. The highest BCUT2D eigenvalue weighted by molar-refractivity contribution is 6.31. The summed E-state index contributed by atoms with van der Waals surface area (Å²) in [5.41, 5.74) is 3.15. The highest BCUT2D eigenvalue weighted by atomic mass is 35.5. The molecule has 0 saturated heterocycles. The first-order valence-corrected chi connectivity index (χ1v) is 6.62. The van der Waals surface area contributed by atoms with Gasteiger partial charge in [-0.15, -0.1) is 0 Å². The molecule has 0 aliphatic carbocycles. The van der Waals surface area contributed by atoms with Gasteiger partial charge in [-0.25, -0.2) is 8.78 Å². The first-order valence-electron chi connectivity index (χ1n) is 5.87. The lowest BCUT2D eigenvalue weighted by atomic mass is 9.98. The fourth-order valence-electron chi connectivity index (χ4n) is 1.96. The van der Waals surface area contributed by atoms with E-state index in [1.54, 1.807) is 24.3 Å². The molecule has 0 amide bonds. The van der Waals surface area contributed by atoms with Crippen LogP contribution in [0.4, 0.5) is 8.78 Å². The number of rotatable bonds is 4. The summed E-state index contributed by atoms with van der Waals surface area (Å²) in [5, 5.41) is 0.303. The van der Waals surface area contributed by atoms with E-state index in [4.69, 9.17) is 29.0 Å². The van der Waals surface area contributed by atoms with Gasteiger partial charge in [0, 0.05) is 10.6 Å². The van der Waals surface area contributed by atoms with E-state index >= 15 is 0 Å². The monoisotopic (exact) mass is 316 g/mol. The van der Waals surface area contributed by atoms with Gasteiger partial charge >= 0.3 is 0 Å². The van der Waals surface area contributed by atoms with Crippen molar-refractivity contribution in [3.05, 3.63) is 69.2 Å². The summed E-state index contributed by atoms with van der Waals surface area (Å²) in [6, 6.07) is 8.34. The molecule has 2 aromatic rings. The third kappa shape index (κ3) is 3.27. The average molecular weight is 317 g/mol. The van der Waals surface area contributed by atoms with E-state index in [-0.39, 0.29) is 17.0 Å². The van der Waals surface area contributed by atoms with E-state index in [1.807, 2.05) is 0 Å². The zero-order valence-electron chi connectivity index (χ0n) is 10.3. The van der Waals surface area contributed by atoms with Gasteiger partial charge in [0.2, 0.25) is 0 Å². The summed E-state index contributed by atoms with van der Waals surface area (Å²) < 4.78 is 27.7. The molecule has 2 nitrogen and oxygen atoms in total. The van der Waals surface area contributed by atoms with Crippen LogP contribution in [-0.4, -0.2) is 0 Å². The number of hydrogen-bond donors (Lipinski definition) is 2. The van der Waals surface area contributed by atoms with Crippen LogP contribution < -0.4 is 11.3 Å². The molecule has 0 saturated carbocycles. The van der Waals surface area contributed by atoms with Crippen molar-refractivity contribution < 1.29 is 8.78 Å². The van der Waals surface area contributed by atoms with Gasteiger partial charge in [-0.3, -0.25) is 11.3 Å². The maximum absolute atomic E-state index is 14.0. The largest absolute Gasteiger partial charge is 0.271 e. The van der Waals surface area contributed by atoms with E-state index in [0.717, 1.165) is 0 Å². The quantitative estimate of drug-likeness (QED) is 0.660. The highest BCUT2D eigenvalue weighted by Crippen LogP contribution is 2.26. The molecule has 0 aliphatic rings. The van der Waals surface area contributed by atoms with Gasteiger partial charge in [-0.05, 0) is 30.2 Å². The molecule has 0 fully saturated rings. The van der Waals surface area contributed by atoms with Crippen molar-refractivity contribution in [2.24, 2.45) is 5.84 Å². The minimum Gasteiger partial charge on any atom is -0.271 e. The summed E-state index contributed by atoms with van der Waals surface area (Å²) >= 11 is 11.4. The van der Waals surface area contributed by atoms with E-state index in [1.165, 1.54) is 12.1 Å². The molecule has 2 aromatic carbocycles. The number of benzene rings is 2. The maximum Gasteiger partial charge on any atom is 0.146 e. The van der Waals surface area contributed by atoms with Crippen LogP contribution >= 0.6 is 23.2 Å². The van der Waals surface area contributed by atoms with Crippen molar-refractivity contribution in [1.82, 2.24) is 5.43 Å². The first kappa shape index (κ1) is 15.2. The minimum absolute atomic E-state index is 0.000622. The van der Waals surface area contributed by atoms with Crippen molar-refractivity contribution in [2.75, 3.05) is 0 Å². The highest BCUT2D eigenvalue weighted by Gasteiger charge is 2.18. The van der Waals surface area contributed by atoms with Crippen molar-refractivity contribution in [2.45, 2.75) is 12.5 Å². The Morgan fingerprint density at radius 2 is 1.90 bits per heavy atom. The normalized spacial score (nSPS) is 12.4. The molecule has 0 aromatic heterocycles. The van der Waals surface area contributed by atoms with E-state index in [9.17, 15) is 8.78 Å². The molecule has 106 valence electrons. The molecular formula is C14H12Cl2F2N2. The molecule has 1 atom stereocenters. The lowest BCUT2D eigenvalue weighted by Crippen LogP contribution is -2.30. The maximum atomic E-state index is 14.0. The smallest absolute Gasteiger partial charge is 0.146 e. The van der Waals surface area contributed by atoms with Gasteiger partial charge < -0.3 is 0 Å². The van der Waals surface area contributed by atoms with Crippen LogP contribution in [-0.2, 0) is 6.42 Å². The Balaban J connectivity index is 2.31. The first-order chi connectivity index (χ1) is 9.52. The van der Waals surface area contributed by atoms with E-state index < -0.39 is 17.7 Å². The van der Waals surface area contributed by atoms with Gasteiger partial charge in [0.1, 0.15) is 11.6 Å². The summed E-state index contributed by atoms with van der Waals surface area (Å²) in [6.07, 6.45) is 0.177. The van der Waals surface area contributed by atoms with Crippen molar-refractivity contribution in [1.29, 1.82) is 0 Å². The van der Waals surface area contributed by atoms with Crippen LogP contribution in [0.15, 0.2) is 36.4 Å². The van der Waals surface area contributed by atoms with Crippen LogP contribution in [0.2, 0.25) is 10.0 Å². The summed E-state index contributed by atoms with van der Waals surface area (Å²) in [7, 11) is 0. The SMILES string of the molecule is NNC(Cc1ccc(Cl)cc1F)c1cccc(Cl)c1F. The molecule has 3 N–H and O–H groups in total. The molecule has 2 rings (SSSR count). The molecule has 6 heteroatoms. The van der Waals surface area contributed by atoms with Crippen LogP contribution in [0, 0.1) is 11.6 Å². The van der Waals surface area contributed by atoms with E-state index in [2.05, 4.69) is 5.43 Å². The number of hydrazine groups is 1. The van der Waals surface area contributed by atoms with Gasteiger partial charge in [-0.2, -0.15) is 0 Å². The number of hydrogen-bond acceptors (Lipinski definition) is 2. The van der Waals surface area contributed by atoms with Gasteiger partial charge in [0.05, 0.1) is 11.1 Å². The molecule has 1 unspecified atom stereocenters. The predicted molar refractivity (Wildman–Crippen MR) is 76.6 cm³/mol. The summed E-state index contributed by atoms with van der Waals surface area (Å²) in [6.45, 7) is 0. The predicted octanol–water partition coefficient (Wildman–Crippen LogP) is 4.02. The third-order valence-corrected chi connectivity index (χ3v) is 3.52. The number of nitrogens with two attached hydrogens (primary N) is 1. The van der Waals surface area contributed by atoms with E-state index in [0.29, 0.717) is 10.6 Å². The Morgan fingerprint density at radius 3 is 2.55 bits per heavy atom. The van der Waals surface area contributed by atoms with Crippen LogP contribution in [0.25, 0.3) is 0 Å². The number of halogens is 4. The standard InChI is InChI=1S/C14H12Cl2F2N2/c15-9-5-4-8(12(17)7-9)6-13(20-19)10-2-1-3-11(16)14(10)18/h1-5,7,13,20H,6,19H2. The lowest BCUT2D eigenvalue weighted by molar-refractivity contribution is 0.499. The van der Waals surface area contributed by atoms with Gasteiger partial charge in [0.25, 0.3) is 0 Å². The Morgan fingerprint density at radius 1 is 1.15 bits per heavy atom. The molecule has 0 spiro atoms. The Bertz CT molecular complexity index is 620. The van der Waals surface area contributed by atoms with Crippen molar-refractivity contribution in [3.63, 3.8) is 0 Å². The molecule has 0 bridgehead atoms. The van der Waals surface area contributed by atoms with Crippen LogP contribution in [0.3, 0.4) is 0 Å². The second kappa shape index (κ2) is 6.50. The van der Waals surface area contributed by atoms with Gasteiger partial charge in [0.15, 0.2) is 0 Å². The Hall–Kier alpha value is -1.20. The number of nitrogens with one attached hydrogen (secondary N) is 1.